The zero-order chi connectivity index (χ0) is 27.9. The van der Waals surface area contributed by atoms with Gasteiger partial charge in [0.05, 0.1) is 17.4 Å². The van der Waals surface area contributed by atoms with E-state index in [1.807, 2.05) is 0 Å². The minimum absolute atomic E-state index is 0.108. The maximum atomic E-state index is 14.0. The van der Waals surface area contributed by atoms with Crippen molar-refractivity contribution in [2.24, 2.45) is 21.6 Å². The molecule has 2 aliphatic carbocycles. The number of halogens is 4. The number of nitrogens with two attached hydrogens (primary N) is 1. The monoisotopic (exact) mass is 540 g/mol. The minimum Gasteiger partial charge on any atom is -0.388 e. The molecule has 0 aliphatic heterocycles. The van der Waals surface area contributed by atoms with Gasteiger partial charge in [0.1, 0.15) is 11.9 Å². The summed E-state index contributed by atoms with van der Waals surface area (Å²) in [7, 11) is 0. The smallest absolute Gasteiger partial charge is 0.388 e. The van der Waals surface area contributed by atoms with Crippen molar-refractivity contribution in [3.63, 3.8) is 0 Å². The van der Waals surface area contributed by atoms with Crippen LogP contribution in [0.25, 0.3) is 11.1 Å². The van der Waals surface area contributed by atoms with E-state index >= 15 is 0 Å². The summed E-state index contributed by atoms with van der Waals surface area (Å²) in [6, 6.07) is 9.96. The van der Waals surface area contributed by atoms with Gasteiger partial charge in [-0.2, -0.15) is 18.3 Å². The highest BCUT2D eigenvalue weighted by Gasteiger charge is 2.39. The number of hydrogen-bond donors (Lipinski definition) is 2. The normalized spacial score (nSPS) is 20.3. The van der Waals surface area contributed by atoms with E-state index < -0.39 is 29.7 Å². The number of aromatic nitrogens is 1. The largest absolute Gasteiger partial charge is 0.416 e. The number of aliphatic hydroxyl groups is 1. The Bertz CT molecular complexity index is 1360. The van der Waals surface area contributed by atoms with E-state index in [0.29, 0.717) is 40.7 Å². The number of aliphatic hydroxyl groups excluding tert-OH is 1. The molecule has 206 valence electrons. The van der Waals surface area contributed by atoms with Crippen molar-refractivity contribution >= 4 is 0 Å². The number of rotatable bonds is 5. The maximum Gasteiger partial charge on any atom is 0.416 e. The van der Waals surface area contributed by atoms with Crippen molar-refractivity contribution in [2.45, 2.75) is 76.6 Å². The Morgan fingerprint density at radius 3 is 2.26 bits per heavy atom. The Kier molecular flexibility index (Phi) is 7.22. The van der Waals surface area contributed by atoms with E-state index in [0.717, 1.165) is 49.2 Å². The molecule has 5 rings (SSSR count). The molecule has 3 aromatic rings. The van der Waals surface area contributed by atoms with Crippen LogP contribution < -0.4 is 5.84 Å². The third-order valence-corrected chi connectivity index (χ3v) is 7.99. The lowest BCUT2D eigenvalue weighted by molar-refractivity contribution is -0.137. The third kappa shape index (κ3) is 5.41. The van der Waals surface area contributed by atoms with Gasteiger partial charge in [0.25, 0.3) is 0 Å². The molecule has 2 aliphatic rings. The summed E-state index contributed by atoms with van der Waals surface area (Å²) < 4.78 is 54.0. The summed E-state index contributed by atoms with van der Waals surface area (Å²) >= 11 is 0. The lowest BCUT2D eigenvalue weighted by atomic mass is 9.71. The first kappa shape index (κ1) is 27.2. The van der Waals surface area contributed by atoms with Crippen molar-refractivity contribution in [2.75, 3.05) is 0 Å². The molecular formula is C30H32F4N4O. The molecule has 2 unspecified atom stereocenters. The van der Waals surface area contributed by atoms with Crippen LogP contribution in [-0.2, 0) is 12.6 Å². The van der Waals surface area contributed by atoms with Gasteiger partial charge in [-0.15, -0.1) is 0 Å². The maximum absolute atomic E-state index is 14.0. The van der Waals surface area contributed by atoms with Crippen molar-refractivity contribution < 1.29 is 22.7 Å². The van der Waals surface area contributed by atoms with Gasteiger partial charge in [0.15, 0.2) is 0 Å². The van der Waals surface area contributed by atoms with Crippen LogP contribution in [0.2, 0.25) is 0 Å². The molecule has 5 nitrogen and oxygen atoms in total. The first-order chi connectivity index (χ1) is 18.5. The first-order valence-corrected chi connectivity index (χ1v) is 13.3. The van der Waals surface area contributed by atoms with Gasteiger partial charge in [-0.25, -0.2) is 4.39 Å². The van der Waals surface area contributed by atoms with E-state index in [-0.39, 0.29) is 11.3 Å². The van der Waals surface area contributed by atoms with Gasteiger partial charge in [-0.1, -0.05) is 56.2 Å². The fourth-order valence-electron chi connectivity index (χ4n) is 6.25. The van der Waals surface area contributed by atoms with E-state index in [9.17, 15) is 22.7 Å². The standard InChI is InChI=1S/C30H32F4N4O/c1-29(2)15-22-25(23(39)16-29)24(17-9-13-21(31)14-10-17)26(27(36-22)18-5-3-4-6-18)28(37-38-35)19-7-11-20(12-8-19)30(32,33)34/h7-14,18,23,28,39H,3-6,15-16H2,1-2H3,(H2,35,37). The summed E-state index contributed by atoms with van der Waals surface area (Å²) in [5.41, 5.74) is 3.76. The van der Waals surface area contributed by atoms with Gasteiger partial charge in [0.2, 0.25) is 0 Å². The van der Waals surface area contributed by atoms with Crippen LogP contribution in [0.1, 0.15) is 97.7 Å². The molecule has 1 heterocycles. The molecule has 39 heavy (non-hydrogen) atoms. The molecule has 1 aromatic heterocycles. The number of fused-ring (bicyclic) bond motifs is 1. The number of alkyl halides is 3. The van der Waals surface area contributed by atoms with Gasteiger partial charge in [0, 0.05) is 22.7 Å². The highest BCUT2D eigenvalue weighted by Crippen LogP contribution is 2.51. The molecule has 1 saturated carbocycles. The Balaban J connectivity index is 1.83. The fourth-order valence-corrected chi connectivity index (χ4v) is 6.25. The van der Waals surface area contributed by atoms with Crippen LogP contribution in [0.5, 0.6) is 0 Å². The second kappa shape index (κ2) is 10.3. The number of pyridine rings is 1. The molecule has 0 amide bonds. The van der Waals surface area contributed by atoms with Gasteiger partial charge < -0.3 is 10.9 Å². The van der Waals surface area contributed by atoms with Crippen molar-refractivity contribution in [1.29, 1.82) is 0 Å². The summed E-state index contributed by atoms with van der Waals surface area (Å²) in [5.74, 6) is 5.28. The SMILES string of the molecule is CC1(C)Cc2nc(C3CCCC3)c(C(N=NN)c3ccc(C(F)(F)F)cc3)c(-c3ccc(F)cc3)c2C(O)C1. The molecule has 0 bridgehead atoms. The molecule has 9 heteroatoms. The van der Waals surface area contributed by atoms with Gasteiger partial charge in [-0.05, 0) is 72.1 Å². The quantitative estimate of drug-likeness (QED) is 0.149. The Morgan fingerprint density at radius 1 is 1.03 bits per heavy atom. The summed E-state index contributed by atoms with van der Waals surface area (Å²) in [4.78, 5) is 5.17. The number of hydrogen-bond acceptors (Lipinski definition) is 4. The molecule has 3 N–H and O–H groups in total. The van der Waals surface area contributed by atoms with Gasteiger partial charge >= 0.3 is 6.18 Å². The highest BCUT2D eigenvalue weighted by molar-refractivity contribution is 5.75. The summed E-state index contributed by atoms with van der Waals surface area (Å²) in [6.45, 7) is 4.18. The van der Waals surface area contributed by atoms with Crippen LogP contribution in [0.3, 0.4) is 0 Å². The fraction of sp³-hybridized carbons (Fsp3) is 0.433. The van der Waals surface area contributed by atoms with Crippen LogP contribution in [-0.4, -0.2) is 10.1 Å². The van der Waals surface area contributed by atoms with Crippen LogP contribution in [0, 0.1) is 11.2 Å². The predicted molar refractivity (Wildman–Crippen MR) is 140 cm³/mol. The van der Waals surface area contributed by atoms with Crippen LogP contribution >= 0.6 is 0 Å². The topological polar surface area (TPSA) is 83.9 Å². The van der Waals surface area contributed by atoms with E-state index in [4.69, 9.17) is 10.8 Å². The van der Waals surface area contributed by atoms with Gasteiger partial charge in [-0.3, -0.25) is 4.98 Å². The number of nitrogens with zero attached hydrogens (tertiary/aromatic N) is 3. The first-order valence-electron chi connectivity index (χ1n) is 13.3. The molecule has 0 spiro atoms. The molecule has 0 saturated heterocycles. The third-order valence-electron chi connectivity index (χ3n) is 7.99. The minimum atomic E-state index is -4.48. The Labute approximate surface area is 225 Å². The molecular weight excluding hydrogens is 508 g/mol. The summed E-state index contributed by atoms with van der Waals surface area (Å²) in [6.07, 6.45) is -0.283. The van der Waals surface area contributed by atoms with E-state index in [1.165, 1.54) is 24.3 Å². The molecule has 0 radical (unpaired) electrons. The molecule has 1 fully saturated rings. The average molecular weight is 541 g/mol. The van der Waals surface area contributed by atoms with Crippen LogP contribution in [0.4, 0.5) is 17.6 Å². The second-order valence-corrected chi connectivity index (χ2v) is 11.4. The average Bonchev–Trinajstić information content (AvgIpc) is 3.41. The lowest BCUT2D eigenvalue weighted by Crippen LogP contribution is -2.29. The molecule has 2 atom stereocenters. The summed E-state index contributed by atoms with van der Waals surface area (Å²) in [5, 5.41) is 19.4. The van der Waals surface area contributed by atoms with E-state index in [2.05, 4.69) is 24.2 Å². The zero-order valence-electron chi connectivity index (χ0n) is 22.0. The predicted octanol–water partition coefficient (Wildman–Crippen LogP) is 7.99. The highest BCUT2D eigenvalue weighted by atomic mass is 19.4. The second-order valence-electron chi connectivity index (χ2n) is 11.4. The zero-order valence-corrected chi connectivity index (χ0v) is 22.0. The van der Waals surface area contributed by atoms with Crippen molar-refractivity contribution in [3.05, 3.63) is 88.0 Å². The lowest BCUT2D eigenvalue weighted by Gasteiger charge is -2.37. The Morgan fingerprint density at radius 2 is 1.67 bits per heavy atom. The van der Waals surface area contributed by atoms with Crippen molar-refractivity contribution in [1.82, 2.24) is 4.98 Å². The van der Waals surface area contributed by atoms with E-state index in [1.54, 1.807) is 12.1 Å². The van der Waals surface area contributed by atoms with Crippen LogP contribution in [0.15, 0.2) is 58.9 Å². The van der Waals surface area contributed by atoms with Crippen molar-refractivity contribution in [3.8, 4) is 11.1 Å². The Hall–Kier alpha value is -3.33. The number of benzene rings is 2. The molecule has 2 aromatic carbocycles.